The van der Waals surface area contributed by atoms with Gasteiger partial charge < -0.3 is 10.1 Å². The fourth-order valence-electron chi connectivity index (χ4n) is 2.65. The summed E-state index contributed by atoms with van der Waals surface area (Å²) in [6.45, 7) is 6.96. The number of hydrogen-bond donors (Lipinski definition) is 1. The predicted molar refractivity (Wildman–Crippen MR) is 75.7 cm³/mol. The van der Waals surface area contributed by atoms with Crippen LogP contribution >= 0.6 is 0 Å². The predicted octanol–water partition coefficient (Wildman–Crippen LogP) is 3.74. The van der Waals surface area contributed by atoms with Gasteiger partial charge in [-0.25, -0.2) is 4.39 Å². The van der Waals surface area contributed by atoms with Crippen LogP contribution in [-0.2, 0) is 4.74 Å². The van der Waals surface area contributed by atoms with Crippen LogP contribution in [0.3, 0.4) is 0 Å². The first kappa shape index (κ1) is 14.5. The Kier molecular flexibility index (Phi) is 4.94. The quantitative estimate of drug-likeness (QED) is 0.875. The Hall–Kier alpha value is -0.930. The third-order valence-electron chi connectivity index (χ3n) is 3.81. The highest BCUT2D eigenvalue weighted by molar-refractivity contribution is 5.26. The van der Waals surface area contributed by atoms with Gasteiger partial charge in [0.1, 0.15) is 5.82 Å². The van der Waals surface area contributed by atoms with Crippen molar-refractivity contribution < 1.29 is 9.13 Å². The summed E-state index contributed by atoms with van der Waals surface area (Å²) < 4.78 is 19.7. The summed E-state index contributed by atoms with van der Waals surface area (Å²) in [6.07, 6.45) is 3.66. The molecule has 19 heavy (non-hydrogen) atoms. The molecule has 3 atom stereocenters. The van der Waals surface area contributed by atoms with Crippen LogP contribution in [0.25, 0.3) is 0 Å². The minimum absolute atomic E-state index is 0.0972. The highest BCUT2D eigenvalue weighted by atomic mass is 19.1. The normalized spacial score (nSPS) is 24.6. The summed E-state index contributed by atoms with van der Waals surface area (Å²) in [5.74, 6) is -0.133. The summed E-state index contributed by atoms with van der Waals surface area (Å²) in [4.78, 5) is 0. The van der Waals surface area contributed by atoms with E-state index < -0.39 is 0 Å². The molecular weight excluding hydrogens is 241 g/mol. The van der Waals surface area contributed by atoms with Crippen molar-refractivity contribution in [3.63, 3.8) is 0 Å². The SMILES string of the molecule is CCCNC(c1ccc(C)c(F)c1)C1CCC(C)O1. The van der Waals surface area contributed by atoms with Crippen molar-refractivity contribution in [3.05, 3.63) is 35.1 Å². The van der Waals surface area contributed by atoms with Crippen molar-refractivity contribution in [2.75, 3.05) is 6.54 Å². The van der Waals surface area contributed by atoms with E-state index in [-0.39, 0.29) is 18.0 Å². The Labute approximate surface area is 115 Å². The van der Waals surface area contributed by atoms with Crippen LogP contribution < -0.4 is 5.32 Å². The third kappa shape index (κ3) is 3.54. The van der Waals surface area contributed by atoms with Gasteiger partial charge in [-0.3, -0.25) is 0 Å². The van der Waals surface area contributed by atoms with Crippen molar-refractivity contribution in [2.24, 2.45) is 0 Å². The maximum atomic E-state index is 13.8. The van der Waals surface area contributed by atoms with E-state index in [1.165, 1.54) is 0 Å². The monoisotopic (exact) mass is 265 g/mol. The molecule has 1 saturated heterocycles. The second kappa shape index (κ2) is 6.49. The maximum Gasteiger partial charge on any atom is 0.126 e. The van der Waals surface area contributed by atoms with Crippen LogP contribution in [0.2, 0.25) is 0 Å². The van der Waals surface area contributed by atoms with E-state index in [9.17, 15) is 4.39 Å². The molecule has 1 aromatic rings. The summed E-state index contributed by atoms with van der Waals surface area (Å²) >= 11 is 0. The highest BCUT2D eigenvalue weighted by Crippen LogP contribution is 2.30. The average molecular weight is 265 g/mol. The highest BCUT2D eigenvalue weighted by Gasteiger charge is 2.30. The van der Waals surface area contributed by atoms with Crippen molar-refractivity contribution in [1.29, 1.82) is 0 Å². The molecule has 0 saturated carbocycles. The van der Waals surface area contributed by atoms with Crippen molar-refractivity contribution in [2.45, 2.75) is 58.3 Å². The van der Waals surface area contributed by atoms with Crippen LogP contribution in [0.1, 0.15) is 50.3 Å². The summed E-state index contributed by atoms with van der Waals surface area (Å²) in [7, 11) is 0. The number of halogens is 1. The van der Waals surface area contributed by atoms with Crippen LogP contribution in [-0.4, -0.2) is 18.8 Å². The summed E-state index contributed by atoms with van der Waals surface area (Å²) in [5.41, 5.74) is 1.69. The van der Waals surface area contributed by atoms with Gasteiger partial charge in [-0.1, -0.05) is 19.1 Å². The lowest BCUT2D eigenvalue weighted by atomic mass is 9.97. The first-order valence-electron chi connectivity index (χ1n) is 7.26. The smallest absolute Gasteiger partial charge is 0.126 e. The molecule has 2 rings (SSSR count). The molecule has 1 aliphatic heterocycles. The number of benzene rings is 1. The molecule has 106 valence electrons. The van der Waals surface area contributed by atoms with Gasteiger partial charge in [-0.2, -0.15) is 0 Å². The first-order valence-corrected chi connectivity index (χ1v) is 7.26. The Morgan fingerprint density at radius 2 is 2.21 bits per heavy atom. The minimum Gasteiger partial charge on any atom is -0.373 e. The molecular formula is C16H24FNO. The van der Waals surface area contributed by atoms with Crippen molar-refractivity contribution in [1.82, 2.24) is 5.32 Å². The largest absolute Gasteiger partial charge is 0.373 e. The lowest BCUT2D eigenvalue weighted by molar-refractivity contribution is 0.0315. The Morgan fingerprint density at radius 1 is 1.42 bits per heavy atom. The molecule has 3 heteroatoms. The van der Waals surface area contributed by atoms with E-state index in [1.54, 1.807) is 13.0 Å². The second-order valence-electron chi connectivity index (χ2n) is 5.50. The fourth-order valence-corrected chi connectivity index (χ4v) is 2.65. The third-order valence-corrected chi connectivity index (χ3v) is 3.81. The molecule has 1 N–H and O–H groups in total. The molecule has 3 unspecified atom stereocenters. The second-order valence-corrected chi connectivity index (χ2v) is 5.50. The van der Waals surface area contributed by atoms with Gasteiger partial charge >= 0.3 is 0 Å². The Bertz CT molecular complexity index is 421. The number of hydrogen-bond acceptors (Lipinski definition) is 2. The number of rotatable bonds is 5. The van der Waals surface area contributed by atoms with E-state index >= 15 is 0 Å². The number of ether oxygens (including phenoxy) is 1. The van der Waals surface area contributed by atoms with E-state index in [0.717, 1.165) is 31.4 Å². The van der Waals surface area contributed by atoms with Crippen LogP contribution in [0.15, 0.2) is 18.2 Å². The molecule has 1 aliphatic rings. The van der Waals surface area contributed by atoms with E-state index in [0.29, 0.717) is 11.7 Å². The zero-order valence-electron chi connectivity index (χ0n) is 12.1. The van der Waals surface area contributed by atoms with E-state index in [2.05, 4.69) is 19.2 Å². The van der Waals surface area contributed by atoms with E-state index in [4.69, 9.17) is 4.74 Å². The first-order chi connectivity index (χ1) is 9.11. The fraction of sp³-hybridized carbons (Fsp3) is 0.625. The van der Waals surface area contributed by atoms with Gasteiger partial charge in [-0.05, 0) is 56.8 Å². The molecule has 1 aromatic carbocycles. The van der Waals surface area contributed by atoms with E-state index in [1.807, 2.05) is 12.1 Å². The van der Waals surface area contributed by atoms with Crippen LogP contribution in [0.4, 0.5) is 4.39 Å². The molecule has 2 nitrogen and oxygen atoms in total. The standard InChI is InChI=1S/C16H24FNO/c1-4-9-18-16(15-8-6-12(3)19-15)13-7-5-11(2)14(17)10-13/h5,7,10,12,15-16,18H,4,6,8-9H2,1-3H3. The number of aryl methyl sites for hydroxylation is 1. The average Bonchev–Trinajstić information content (AvgIpc) is 2.80. The van der Waals surface area contributed by atoms with Gasteiger partial charge in [0, 0.05) is 0 Å². The van der Waals surface area contributed by atoms with Gasteiger partial charge in [0.2, 0.25) is 0 Å². The van der Waals surface area contributed by atoms with Gasteiger partial charge in [-0.15, -0.1) is 0 Å². The molecule has 1 heterocycles. The molecule has 0 bridgehead atoms. The molecule has 1 fully saturated rings. The van der Waals surface area contributed by atoms with Gasteiger partial charge in [0.15, 0.2) is 0 Å². The molecule has 0 aliphatic carbocycles. The zero-order chi connectivity index (χ0) is 13.8. The molecule has 0 aromatic heterocycles. The summed E-state index contributed by atoms with van der Waals surface area (Å²) in [5, 5.41) is 3.50. The zero-order valence-corrected chi connectivity index (χ0v) is 12.1. The maximum absolute atomic E-state index is 13.8. The van der Waals surface area contributed by atoms with Crippen LogP contribution in [0, 0.1) is 12.7 Å². The topological polar surface area (TPSA) is 21.3 Å². The molecule has 0 amide bonds. The van der Waals surface area contributed by atoms with Gasteiger partial charge in [0.25, 0.3) is 0 Å². The van der Waals surface area contributed by atoms with Crippen LogP contribution in [0.5, 0.6) is 0 Å². The molecule has 0 spiro atoms. The molecule has 0 radical (unpaired) electrons. The lowest BCUT2D eigenvalue weighted by Crippen LogP contribution is -2.32. The summed E-state index contributed by atoms with van der Waals surface area (Å²) in [6, 6.07) is 5.61. The van der Waals surface area contributed by atoms with Crippen molar-refractivity contribution >= 4 is 0 Å². The Balaban J connectivity index is 2.18. The minimum atomic E-state index is -0.133. The number of nitrogens with one attached hydrogen (secondary N) is 1. The Morgan fingerprint density at radius 3 is 2.79 bits per heavy atom. The van der Waals surface area contributed by atoms with Gasteiger partial charge in [0.05, 0.1) is 18.2 Å². The van der Waals surface area contributed by atoms with Crippen molar-refractivity contribution in [3.8, 4) is 0 Å². The lowest BCUT2D eigenvalue weighted by Gasteiger charge is -2.25.